The van der Waals surface area contributed by atoms with Crippen molar-refractivity contribution in [1.29, 1.82) is 0 Å². The van der Waals surface area contributed by atoms with Gasteiger partial charge in [0.15, 0.2) is 11.5 Å². The predicted molar refractivity (Wildman–Crippen MR) is 148 cm³/mol. The summed E-state index contributed by atoms with van der Waals surface area (Å²) < 4.78 is 52.9. The molecule has 0 bridgehead atoms. The van der Waals surface area contributed by atoms with Crippen molar-refractivity contribution < 1.29 is 27.1 Å². The van der Waals surface area contributed by atoms with E-state index in [2.05, 4.69) is 5.32 Å². The third-order valence-electron chi connectivity index (χ3n) is 6.28. The van der Waals surface area contributed by atoms with Gasteiger partial charge in [0.1, 0.15) is 12.4 Å². The number of amides is 1. The summed E-state index contributed by atoms with van der Waals surface area (Å²) in [6.07, 6.45) is 0. The fourth-order valence-electron chi connectivity index (χ4n) is 4.26. The largest absolute Gasteiger partial charge is 0.493 e. The van der Waals surface area contributed by atoms with E-state index < -0.39 is 34.3 Å². The summed E-state index contributed by atoms with van der Waals surface area (Å²) in [5.74, 6) is -0.506. The van der Waals surface area contributed by atoms with Crippen molar-refractivity contribution >= 4 is 21.6 Å². The molecule has 202 valence electrons. The first-order valence-electron chi connectivity index (χ1n) is 12.1. The van der Waals surface area contributed by atoms with Crippen molar-refractivity contribution in [3.63, 3.8) is 0 Å². The molecule has 4 rings (SSSR count). The Morgan fingerprint density at radius 3 is 2.15 bits per heavy atom. The highest BCUT2D eigenvalue weighted by Crippen LogP contribution is 2.32. The van der Waals surface area contributed by atoms with Crippen molar-refractivity contribution in [2.75, 3.05) is 25.1 Å². The number of aryl methyl sites for hydroxylation is 1. The van der Waals surface area contributed by atoms with Crippen LogP contribution in [0.15, 0.2) is 102 Å². The lowest BCUT2D eigenvalue weighted by Gasteiger charge is -2.27. The third kappa shape index (κ3) is 6.21. The number of nitrogens with zero attached hydrogens (tertiary/aromatic N) is 1. The van der Waals surface area contributed by atoms with E-state index >= 15 is 0 Å². The van der Waals surface area contributed by atoms with Crippen LogP contribution in [0.5, 0.6) is 11.5 Å². The van der Waals surface area contributed by atoms with Crippen LogP contribution in [-0.2, 0) is 14.8 Å². The number of halogens is 1. The minimum Gasteiger partial charge on any atom is -0.493 e. The first-order chi connectivity index (χ1) is 18.7. The minimum absolute atomic E-state index is 0.115. The first kappa shape index (κ1) is 27.7. The van der Waals surface area contributed by atoms with Gasteiger partial charge in [0.25, 0.3) is 10.0 Å². The van der Waals surface area contributed by atoms with Gasteiger partial charge in [0, 0.05) is 6.07 Å². The predicted octanol–water partition coefficient (Wildman–Crippen LogP) is 5.25. The van der Waals surface area contributed by atoms with Crippen molar-refractivity contribution in [1.82, 2.24) is 5.32 Å². The Morgan fingerprint density at radius 1 is 0.872 bits per heavy atom. The zero-order valence-electron chi connectivity index (χ0n) is 21.8. The maximum absolute atomic E-state index is 13.9. The highest BCUT2D eigenvalue weighted by molar-refractivity contribution is 7.92. The molecule has 0 aliphatic heterocycles. The topological polar surface area (TPSA) is 84.9 Å². The van der Waals surface area contributed by atoms with Crippen LogP contribution in [0.1, 0.15) is 22.7 Å². The van der Waals surface area contributed by atoms with Gasteiger partial charge in [-0.1, -0.05) is 54.6 Å². The normalized spacial score (nSPS) is 11.9. The van der Waals surface area contributed by atoms with Crippen LogP contribution in [0.4, 0.5) is 10.1 Å². The van der Waals surface area contributed by atoms with E-state index in [0.29, 0.717) is 5.75 Å². The van der Waals surface area contributed by atoms with E-state index in [1.807, 2.05) is 61.5 Å². The summed E-state index contributed by atoms with van der Waals surface area (Å²) in [6, 6.07) is 25.7. The first-order valence-corrected chi connectivity index (χ1v) is 13.6. The fraction of sp³-hybridized carbons (Fsp3) is 0.167. The zero-order chi connectivity index (χ0) is 28.0. The summed E-state index contributed by atoms with van der Waals surface area (Å²) in [6.45, 7) is 1.40. The molecule has 0 spiro atoms. The molecular weight excluding hydrogens is 519 g/mol. The van der Waals surface area contributed by atoms with Crippen LogP contribution >= 0.6 is 0 Å². The second kappa shape index (κ2) is 12.0. The van der Waals surface area contributed by atoms with Crippen LogP contribution < -0.4 is 19.1 Å². The van der Waals surface area contributed by atoms with Crippen LogP contribution in [0.2, 0.25) is 0 Å². The minimum atomic E-state index is -4.28. The van der Waals surface area contributed by atoms with Crippen LogP contribution in [0, 0.1) is 12.7 Å². The molecule has 1 amide bonds. The van der Waals surface area contributed by atoms with Gasteiger partial charge in [-0.25, -0.2) is 12.8 Å². The Morgan fingerprint density at radius 2 is 1.51 bits per heavy atom. The van der Waals surface area contributed by atoms with Gasteiger partial charge in [0.05, 0.1) is 30.8 Å². The van der Waals surface area contributed by atoms with E-state index in [4.69, 9.17) is 9.47 Å². The van der Waals surface area contributed by atoms with E-state index in [-0.39, 0.29) is 16.3 Å². The number of carbonyl (C=O) groups excluding carboxylic acids is 1. The van der Waals surface area contributed by atoms with Crippen molar-refractivity contribution in [3.8, 4) is 11.5 Å². The molecule has 4 aromatic carbocycles. The summed E-state index contributed by atoms with van der Waals surface area (Å²) in [7, 11) is -1.44. The summed E-state index contributed by atoms with van der Waals surface area (Å²) in [4.78, 5) is 13.4. The van der Waals surface area contributed by atoms with Gasteiger partial charge in [0.2, 0.25) is 5.91 Å². The number of nitrogens with one attached hydrogen (secondary N) is 1. The van der Waals surface area contributed by atoms with Gasteiger partial charge >= 0.3 is 0 Å². The molecule has 0 saturated carbocycles. The van der Waals surface area contributed by atoms with E-state index in [9.17, 15) is 17.6 Å². The number of carbonyl (C=O) groups is 1. The quantitative estimate of drug-likeness (QED) is 0.293. The van der Waals surface area contributed by atoms with Gasteiger partial charge in [-0.15, -0.1) is 0 Å². The number of ether oxygens (including phenoxy) is 2. The van der Waals surface area contributed by atoms with E-state index in [1.165, 1.54) is 44.6 Å². The molecule has 0 fully saturated rings. The highest BCUT2D eigenvalue weighted by Gasteiger charge is 2.29. The average Bonchev–Trinajstić information content (AvgIpc) is 2.95. The van der Waals surface area contributed by atoms with Gasteiger partial charge in [-0.05, 0) is 60.0 Å². The molecule has 0 aliphatic rings. The smallest absolute Gasteiger partial charge is 0.264 e. The highest BCUT2D eigenvalue weighted by atomic mass is 32.2. The van der Waals surface area contributed by atoms with Gasteiger partial charge in [-0.3, -0.25) is 9.10 Å². The number of methoxy groups -OCH3 is 2. The molecule has 4 aromatic rings. The summed E-state index contributed by atoms with van der Waals surface area (Å²) in [5, 5.41) is 3.00. The Hall–Kier alpha value is -4.37. The Balaban J connectivity index is 1.72. The lowest BCUT2D eigenvalue weighted by Crippen LogP contribution is -2.42. The Kier molecular flexibility index (Phi) is 8.51. The zero-order valence-corrected chi connectivity index (χ0v) is 22.6. The second-order valence-electron chi connectivity index (χ2n) is 8.77. The van der Waals surface area contributed by atoms with Crippen LogP contribution in [-0.4, -0.2) is 35.1 Å². The van der Waals surface area contributed by atoms with Crippen molar-refractivity contribution in [2.45, 2.75) is 17.9 Å². The number of sulfonamides is 1. The van der Waals surface area contributed by atoms with Gasteiger partial charge < -0.3 is 14.8 Å². The molecule has 1 unspecified atom stereocenters. The summed E-state index contributed by atoms with van der Waals surface area (Å²) >= 11 is 0. The number of hydrogen-bond donors (Lipinski definition) is 1. The number of hydrogen-bond acceptors (Lipinski definition) is 5. The molecule has 0 heterocycles. The van der Waals surface area contributed by atoms with Crippen LogP contribution in [0.3, 0.4) is 0 Å². The second-order valence-corrected chi connectivity index (χ2v) is 10.6. The van der Waals surface area contributed by atoms with E-state index in [1.54, 1.807) is 0 Å². The maximum Gasteiger partial charge on any atom is 0.264 e. The SMILES string of the molecule is COc1ccc(S(=O)(=O)N(CC(=O)NC(c2ccccc2)c2ccccc2C)c2ccc(F)cc2)cc1OC. The van der Waals surface area contributed by atoms with Gasteiger partial charge in [-0.2, -0.15) is 0 Å². The molecule has 0 saturated heterocycles. The fourth-order valence-corrected chi connectivity index (χ4v) is 5.70. The molecule has 1 N–H and O–H groups in total. The molecular formula is C30H29FN2O5S. The molecule has 7 nitrogen and oxygen atoms in total. The maximum atomic E-state index is 13.9. The molecule has 9 heteroatoms. The molecule has 0 aromatic heterocycles. The van der Waals surface area contributed by atoms with E-state index in [0.717, 1.165) is 33.1 Å². The number of rotatable bonds is 10. The van der Waals surface area contributed by atoms with Crippen molar-refractivity contribution in [2.24, 2.45) is 0 Å². The molecule has 1 atom stereocenters. The van der Waals surface area contributed by atoms with Crippen LogP contribution in [0.25, 0.3) is 0 Å². The molecule has 39 heavy (non-hydrogen) atoms. The lowest BCUT2D eigenvalue weighted by molar-refractivity contribution is -0.120. The number of anilines is 1. The Bertz CT molecular complexity index is 1540. The Labute approximate surface area is 227 Å². The third-order valence-corrected chi connectivity index (χ3v) is 8.05. The van der Waals surface area contributed by atoms with Crippen molar-refractivity contribution in [3.05, 3.63) is 120 Å². The standard InChI is InChI=1S/C30H29FN2O5S/c1-21-9-7-8-12-26(21)30(22-10-5-4-6-11-22)32-29(34)20-33(24-15-13-23(31)14-16-24)39(35,36)25-17-18-27(37-2)28(19-25)38-3/h4-19,30H,20H2,1-3H3,(H,32,34). The monoisotopic (exact) mass is 548 g/mol. The molecule has 0 radical (unpaired) electrons. The summed E-state index contributed by atoms with van der Waals surface area (Å²) in [5.41, 5.74) is 2.83. The average molecular weight is 549 g/mol. The molecule has 0 aliphatic carbocycles. The number of benzene rings is 4. The lowest BCUT2D eigenvalue weighted by atomic mass is 9.95.